The smallest absolute Gasteiger partial charge is 0.201 e. The van der Waals surface area contributed by atoms with E-state index in [2.05, 4.69) is 16.7 Å². The van der Waals surface area contributed by atoms with Gasteiger partial charge in [-0.1, -0.05) is 12.1 Å². The lowest BCUT2D eigenvalue weighted by Gasteiger charge is -2.04. The topological polar surface area (TPSA) is 73.3 Å². The lowest BCUT2D eigenvalue weighted by atomic mass is 10.2. The summed E-state index contributed by atoms with van der Waals surface area (Å²) >= 11 is 0. The Morgan fingerprint density at radius 2 is 2.12 bits per heavy atom. The second-order valence-corrected chi connectivity index (χ2v) is 3.59. The van der Waals surface area contributed by atoms with Crippen LogP contribution in [0.1, 0.15) is 16.1 Å². The number of carbonyl (C=O) groups excluding carboxylic acids is 1. The molecule has 0 radical (unpaired) electrons. The Morgan fingerprint density at radius 1 is 1.41 bits per heavy atom. The highest BCUT2D eigenvalue weighted by molar-refractivity contribution is 5.72. The summed E-state index contributed by atoms with van der Waals surface area (Å²) in [4.78, 5) is 18.3. The summed E-state index contributed by atoms with van der Waals surface area (Å²) in [5, 5.41) is 0. The van der Waals surface area contributed by atoms with E-state index in [1.54, 1.807) is 10.8 Å². The average Bonchev–Trinajstić information content (AvgIpc) is 2.71. The van der Waals surface area contributed by atoms with Gasteiger partial charge in [-0.05, 0) is 24.4 Å². The van der Waals surface area contributed by atoms with Crippen LogP contribution in [0.25, 0.3) is 0 Å². The Balaban J connectivity index is 2.21. The largest absolute Gasteiger partial charge is 0.369 e. The van der Waals surface area contributed by atoms with Crippen LogP contribution in [-0.2, 0) is 6.54 Å². The Labute approximate surface area is 98.6 Å². The molecule has 5 nitrogen and oxygen atoms in total. The standard InChI is InChI=1S/C12H12N4O/c1-14-10-4-2-9(3-5-10)6-16-7-11(8-17)15-12(16)13/h2-5,7-8H,1,6H2,(H2,13,15). The highest BCUT2D eigenvalue weighted by Gasteiger charge is 2.04. The molecule has 1 heterocycles. The van der Waals surface area contributed by atoms with Gasteiger partial charge in [-0.15, -0.1) is 0 Å². The molecule has 0 fully saturated rings. The van der Waals surface area contributed by atoms with Crippen molar-refractivity contribution >= 4 is 24.6 Å². The van der Waals surface area contributed by atoms with Gasteiger partial charge in [0.15, 0.2) is 6.29 Å². The van der Waals surface area contributed by atoms with Gasteiger partial charge in [-0.2, -0.15) is 0 Å². The molecular formula is C12H12N4O. The molecule has 0 saturated heterocycles. The lowest BCUT2D eigenvalue weighted by molar-refractivity contribution is 0.111. The molecular weight excluding hydrogens is 216 g/mol. The third kappa shape index (κ3) is 2.39. The van der Waals surface area contributed by atoms with Gasteiger partial charge in [0, 0.05) is 6.20 Å². The monoisotopic (exact) mass is 228 g/mol. The number of carbonyl (C=O) groups is 1. The van der Waals surface area contributed by atoms with Crippen LogP contribution >= 0.6 is 0 Å². The number of rotatable bonds is 4. The third-order valence-electron chi connectivity index (χ3n) is 2.42. The van der Waals surface area contributed by atoms with E-state index in [1.807, 2.05) is 24.3 Å². The number of aldehydes is 1. The van der Waals surface area contributed by atoms with Crippen LogP contribution < -0.4 is 5.73 Å². The second-order valence-electron chi connectivity index (χ2n) is 3.59. The third-order valence-corrected chi connectivity index (χ3v) is 2.42. The number of aromatic nitrogens is 2. The SMILES string of the molecule is C=Nc1ccc(Cn2cc(C=O)nc2N)cc1. The predicted molar refractivity (Wildman–Crippen MR) is 66.8 cm³/mol. The number of hydrogen-bond acceptors (Lipinski definition) is 4. The molecule has 0 atom stereocenters. The van der Waals surface area contributed by atoms with Gasteiger partial charge in [-0.25, -0.2) is 4.98 Å². The molecule has 0 aliphatic carbocycles. The van der Waals surface area contributed by atoms with E-state index in [9.17, 15) is 4.79 Å². The normalized spacial score (nSPS) is 10.1. The highest BCUT2D eigenvalue weighted by Crippen LogP contribution is 2.14. The fourth-order valence-electron chi connectivity index (χ4n) is 1.54. The molecule has 0 saturated carbocycles. The molecule has 1 aromatic heterocycles. The number of hydrogen-bond donors (Lipinski definition) is 1. The van der Waals surface area contributed by atoms with Crippen molar-refractivity contribution in [2.24, 2.45) is 4.99 Å². The summed E-state index contributed by atoms with van der Waals surface area (Å²) in [6.07, 6.45) is 2.31. The van der Waals surface area contributed by atoms with Crippen molar-refractivity contribution < 1.29 is 4.79 Å². The molecule has 2 aromatic rings. The van der Waals surface area contributed by atoms with Gasteiger partial charge >= 0.3 is 0 Å². The van der Waals surface area contributed by atoms with Crippen LogP contribution in [0.15, 0.2) is 35.5 Å². The quantitative estimate of drug-likeness (QED) is 0.638. The van der Waals surface area contributed by atoms with Gasteiger partial charge in [0.05, 0.1) is 12.2 Å². The van der Waals surface area contributed by atoms with E-state index in [4.69, 9.17) is 5.73 Å². The maximum absolute atomic E-state index is 10.6. The number of nitrogens with two attached hydrogens (primary N) is 1. The molecule has 86 valence electrons. The summed E-state index contributed by atoms with van der Waals surface area (Å²) in [5.41, 5.74) is 7.90. The molecule has 0 aliphatic heterocycles. The van der Waals surface area contributed by atoms with Gasteiger partial charge in [-0.3, -0.25) is 9.79 Å². The van der Waals surface area contributed by atoms with Gasteiger partial charge < -0.3 is 10.3 Å². The molecule has 0 spiro atoms. The predicted octanol–water partition coefficient (Wildman–Crippen LogP) is 1.66. The summed E-state index contributed by atoms with van der Waals surface area (Å²) in [7, 11) is 0. The summed E-state index contributed by atoms with van der Waals surface area (Å²) in [6, 6.07) is 7.61. The fraction of sp³-hybridized carbons (Fsp3) is 0.0833. The number of benzene rings is 1. The molecule has 0 bridgehead atoms. The van der Waals surface area contributed by atoms with Crippen LogP contribution in [0.5, 0.6) is 0 Å². The van der Waals surface area contributed by atoms with Crippen molar-refractivity contribution in [3.63, 3.8) is 0 Å². The maximum Gasteiger partial charge on any atom is 0.201 e. The van der Waals surface area contributed by atoms with Crippen LogP contribution in [0.2, 0.25) is 0 Å². The minimum absolute atomic E-state index is 0.332. The van der Waals surface area contributed by atoms with Crippen molar-refractivity contribution in [1.82, 2.24) is 9.55 Å². The van der Waals surface area contributed by atoms with Crippen molar-refractivity contribution in [3.8, 4) is 0 Å². The lowest BCUT2D eigenvalue weighted by Crippen LogP contribution is -2.03. The fourth-order valence-corrected chi connectivity index (χ4v) is 1.54. The Bertz CT molecular complexity index is 542. The minimum Gasteiger partial charge on any atom is -0.369 e. The molecule has 2 N–H and O–H groups in total. The van der Waals surface area contributed by atoms with Crippen LogP contribution in [-0.4, -0.2) is 22.6 Å². The van der Waals surface area contributed by atoms with E-state index in [1.165, 1.54) is 0 Å². The van der Waals surface area contributed by atoms with Gasteiger partial charge in [0.25, 0.3) is 0 Å². The Morgan fingerprint density at radius 3 is 2.65 bits per heavy atom. The van der Waals surface area contributed by atoms with E-state index < -0.39 is 0 Å². The van der Waals surface area contributed by atoms with Crippen molar-refractivity contribution in [2.45, 2.75) is 6.54 Å². The number of aliphatic imine (C=N–C) groups is 1. The molecule has 5 heteroatoms. The molecule has 0 amide bonds. The number of imidazole rings is 1. The molecule has 2 rings (SSSR count). The van der Waals surface area contributed by atoms with E-state index >= 15 is 0 Å². The average molecular weight is 228 g/mol. The maximum atomic E-state index is 10.6. The Hall–Kier alpha value is -2.43. The molecule has 0 aliphatic rings. The van der Waals surface area contributed by atoms with Crippen molar-refractivity contribution in [1.29, 1.82) is 0 Å². The van der Waals surface area contributed by atoms with E-state index in [0.717, 1.165) is 11.3 Å². The molecule has 17 heavy (non-hydrogen) atoms. The highest BCUT2D eigenvalue weighted by atomic mass is 16.1. The molecule has 0 unspecified atom stereocenters. The number of nitrogens with zero attached hydrogens (tertiary/aromatic N) is 3. The number of nitrogen functional groups attached to an aromatic ring is 1. The van der Waals surface area contributed by atoms with Crippen LogP contribution in [0.4, 0.5) is 11.6 Å². The summed E-state index contributed by atoms with van der Waals surface area (Å²) < 4.78 is 1.72. The first-order valence-corrected chi connectivity index (χ1v) is 5.06. The van der Waals surface area contributed by atoms with E-state index in [0.29, 0.717) is 24.5 Å². The molecule has 1 aromatic carbocycles. The summed E-state index contributed by atoms with van der Waals surface area (Å²) in [6.45, 7) is 4.02. The number of anilines is 1. The van der Waals surface area contributed by atoms with Gasteiger partial charge in [0.1, 0.15) is 5.69 Å². The van der Waals surface area contributed by atoms with E-state index in [-0.39, 0.29) is 0 Å². The van der Waals surface area contributed by atoms with Gasteiger partial charge in [0.2, 0.25) is 5.95 Å². The Kier molecular flexibility index (Phi) is 3.00. The zero-order valence-electron chi connectivity index (χ0n) is 9.21. The first-order valence-electron chi connectivity index (χ1n) is 5.06. The first-order chi connectivity index (χ1) is 8.22. The van der Waals surface area contributed by atoms with Crippen molar-refractivity contribution in [3.05, 3.63) is 41.7 Å². The minimum atomic E-state index is 0.332. The second kappa shape index (κ2) is 4.61. The first kappa shape index (κ1) is 11.1. The zero-order chi connectivity index (χ0) is 12.3. The zero-order valence-corrected chi connectivity index (χ0v) is 9.21. The van der Waals surface area contributed by atoms with Crippen molar-refractivity contribution in [2.75, 3.05) is 5.73 Å². The summed E-state index contributed by atoms with van der Waals surface area (Å²) in [5.74, 6) is 0.332. The van der Waals surface area contributed by atoms with Crippen LogP contribution in [0.3, 0.4) is 0 Å². The van der Waals surface area contributed by atoms with Crippen LogP contribution in [0, 0.1) is 0 Å².